The second-order valence-corrected chi connectivity index (χ2v) is 8.73. The van der Waals surface area contributed by atoms with Crippen LogP contribution in [0.1, 0.15) is 24.4 Å². The van der Waals surface area contributed by atoms with E-state index in [1.54, 1.807) is 28.7 Å². The van der Waals surface area contributed by atoms with Gasteiger partial charge in [-0.25, -0.2) is 14.9 Å². The van der Waals surface area contributed by atoms with Gasteiger partial charge in [0.1, 0.15) is 22.9 Å². The fourth-order valence-electron chi connectivity index (χ4n) is 2.89. The highest BCUT2D eigenvalue weighted by atomic mass is 127. The highest BCUT2D eigenvalue weighted by molar-refractivity contribution is 14.1. The summed E-state index contributed by atoms with van der Waals surface area (Å²) in [5.74, 6) is -0.753. The van der Waals surface area contributed by atoms with Gasteiger partial charge in [-0.1, -0.05) is 5.57 Å². The summed E-state index contributed by atoms with van der Waals surface area (Å²) in [6.07, 6.45) is 3.16. The third-order valence-electron chi connectivity index (χ3n) is 4.09. The number of aliphatic hydroxyl groups is 1. The molecule has 8 nitrogen and oxygen atoms in total. The number of anilines is 1. The molecule has 0 fully saturated rings. The Morgan fingerprint density at radius 1 is 1.45 bits per heavy atom. The van der Waals surface area contributed by atoms with Crippen molar-refractivity contribution in [1.29, 1.82) is 0 Å². The van der Waals surface area contributed by atoms with Gasteiger partial charge in [0.2, 0.25) is 0 Å². The number of nitrogens with zero attached hydrogens (tertiary/aromatic N) is 2. The first-order valence-corrected chi connectivity index (χ1v) is 11.1. The predicted molar refractivity (Wildman–Crippen MR) is 126 cm³/mol. The minimum Gasteiger partial charge on any atom is -0.403 e. The lowest BCUT2D eigenvalue weighted by Gasteiger charge is -2.33. The van der Waals surface area contributed by atoms with E-state index < -0.39 is 11.7 Å². The molecule has 5 N–H and O–H groups in total. The number of carbonyl (C=O) groups is 1. The summed E-state index contributed by atoms with van der Waals surface area (Å²) in [7, 11) is 0. The van der Waals surface area contributed by atoms with Crippen molar-refractivity contribution < 1.29 is 19.1 Å². The van der Waals surface area contributed by atoms with Gasteiger partial charge in [-0.3, -0.25) is 14.5 Å². The highest BCUT2D eigenvalue weighted by Crippen LogP contribution is 2.41. The van der Waals surface area contributed by atoms with Crippen LogP contribution in [0.3, 0.4) is 0 Å². The number of hydrogen-bond donors (Lipinski definition) is 4. The van der Waals surface area contributed by atoms with Gasteiger partial charge >= 0.3 is 0 Å². The lowest BCUT2D eigenvalue weighted by atomic mass is 10.0. The lowest BCUT2D eigenvalue weighted by Crippen LogP contribution is -2.34. The van der Waals surface area contributed by atoms with Gasteiger partial charge in [0, 0.05) is 16.0 Å². The van der Waals surface area contributed by atoms with Crippen LogP contribution in [0.4, 0.5) is 10.1 Å². The van der Waals surface area contributed by atoms with Crippen LogP contribution in [-0.4, -0.2) is 34.1 Å². The molecule has 0 aliphatic carbocycles. The van der Waals surface area contributed by atoms with Crippen LogP contribution in [0.15, 0.2) is 47.5 Å². The number of nitrogens with one attached hydrogen (secondary N) is 2. The first kappa shape index (κ1) is 23.2. The van der Waals surface area contributed by atoms with Crippen molar-refractivity contribution in [2.24, 2.45) is 5.73 Å². The predicted octanol–water partition coefficient (Wildman–Crippen LogP) is 3.20. The molecule has 0 saturated heterocycles. The van der Waals surface area contributed by atoms with Crippen molar-refractivity contribution in [2.75, 3.05) is 18.5 Å². The fraction of sp³-hybridized carbons (Fsp3) is 0.200. The van der Waals surface area contributed by atoms with Crippen molar-refractivity contribution in [2.45, 2.75) is 13.8 Å². The summed E-state index contributed by atoms with van der Waals surface area (Å²) in [4.78, 5) is 24.7. The molecule has 2 heterocycles. The maximum atomic E-state index is 14.7. The minimum atomic E-state index is -0.574. The number of halogens is 2. The number of hydroxylamine groups is 1. The molecule has 0 atom stereocenters. The third-order valence-corrected chi connectivity index (χ3v) is 5.60. The second-order valence-electron chi connectivity index (χ2n) is 6.63. The summed E-state index contributed by atoms with van der Waals surface area (Å²) in [5.41, 5.74) is 12.2. The van der Waals surface area contributed by atoms with Crippen molar-refractivity contribution in [3.8, 4) is 0 Å². The number of nitrogens with two attached hydrogens (primary N) is 1. The molecule has 0 unspecified atom stereocenters. The Morgan fingerprint density at radius 3 is 2.87 bits per heavy atom. The molecule has 3 rings (SSSR count). The zero-order chi connectivity index (χ0) is 22.5. The average molecular weight is 557 g/mol. The van der Waals surface area contributed by atoms with Crippen molar-refractivity contribution in [3.63, 3.8) is 0 Å². The topological polar surface area (TPSA) is 113 Å². The molecule has 1 aromatic heterocycles. The molecule has 11 heteroatoms. The fourth-order valence-corrected chi connectivity index (χ4v) is 4.18. The number of thiazole rings is 1. The lowest BCUT2D eigenvalue weighted by molar-refractivity contribution is -0.128. The highest BCUT2D eigenvalue weighted by Gasteiger charge is 2.34. The zero-order valence-electron chi connectivity index (χ0n) is 16.8. The molecule has 0 saturated carbocycles. The van der Waals surface area contributed by atoms with E-state index >= 15 is 0 Å². The molecule has 1 aromatic carbocycles. The van der Waals surface area contributed by atoms with Gasteiger partial charge in [0.25, 0.3) is 5.91 Å². The van der Waals surface area contributed by atoms with E-state index in [4.69, 9.17) is 15.7 Å². The normalized spacial score (nSPS) is 14.5. The number of carbonyl (C=O) groups excluding carboxylic acids is 1. The first-order valence-electron chi connectivity index (χ1n) is 9.17. The Labute approximate surface area is 196 Å². The number of allylic oxidation sites excluding steroid dienone is 1. The number of rotatable bonds is 7. The molecule has 0 spiro atoms. The molecular weight excluding hydrogens is 536 g/mol. The van der Waals surface area contributed by atoms with E-state index in [1.807, 2.05) is 36.4 Å². The van der Waals surface area contributed by atoms with Crippen LogP contribution < -0.4 is 16.5 Å². The summed E-state index contributed by atoms with van der Waals surface area (Å²) in [5, 5.41) is 12.0. The van der Waals surface area contributed by atoms with Gasteiger partial charge in [0.05, 0.1) is 35.0 Å². The first-order chi connectivity index (χ1) is 14.9. The molecule has 31 heavy (non-hydrogen) atoms. The molecule has 2 aromatic rings. The van der Waals surface area contributed by atoms with Crippen LogP contribution in [0.25, 0.3) is 11.3 Å². The van der Waals surface area contributed by atoms with Gasteiger partial charge in [-0.2, -0.15) is 0 Å². The quantitative estimate of drug-likeness (QED) is 0.235. The Hall–Kier alpha value is -2.48. The molecule has 0 bridgehead atoms. The Morgan fingerprint density at radius 2 is 2.23 bits per heavy atom. The maximum Gasteiger partial charge on any atom is 0.280 e. The minimum absolute atomic E-state index is 0.0747. The van der Waals surface area contributed by atoms with Crippen LogP contribution in [0, 0.1) is 9.39 Å². The zero-order valence-corrected chi connectivity index (χ0v) is 19.8. The van der Waals surface area contributed by atoms with E-state index in [0.29, 0.717) is 22.1 Å². The van der Waals surface area contributed by atoms with E-state index in [1.165, 1.54) is 23.6 Å². The van der Waals surface area contributed by atoms with Crippen molar-refractivity contribution in [1.82, 2.24) is 15.4 Å². The number of benzene rings is 1. The van der Waals surface area contributed by atoms with E-state index in [2.05, 4.69) is 15.8 Å². The van der Waals surface area contributed by atoms with Crippen molar-refractivity contribution in [3.05, 3.63) is 67.5 Å². The molecule has 0 radical (unpaired) electrons. The van der Waals surface area contributed by atoms with Crippen molar-refractivity contribution >= 4 is 56.8 Å². The van der Waals surface area contributed by atoms with Crippen LogP contribution >= 0.6 is 33.9 Å². The second kappa shape index (κ2) is 10.2. The average Bonchev–Trinajstić information content (AvgIpc) is 3.19. The summed E-state index contributed by atoms with van der Waals surface area (Å²) >= 11 is 3.27. The maximum absolute atomic E-state index is 14.7. The Bertz CT molecular complexity index is 1080. The Balaban J connectivity index is 2.21. The number of fused-ring (bicyclic) bond motifs is 1. The van der Waals surface area contributed by atoms with Gasteiger partial charge in [0.15, 0.2) is 0 Å². The summed E-state index contributed by atoms with van der Waals surface area (Å²) < 4.78 is 15.4. The van der Waals surface area contributed by atoms with Crippen LogP contribution in [-0.2, 0) is 9.63 Å². The standard InChI is InChI=1S/C20H21FIN5O3S/c1-11(2)9-27-15(8-23)17-18(31-10-24-17)16(20(29)26-30-6-5-28)19(27)25-14-4-3-12(22)7-13(14)21/h3-4,7-10,25,28H,5-6,23H2,1-2H3,(H,26,29). The van der Waals surface area contributed by atoms with E-state index in [9.17, 15) is 9.18 Å². The largest absolute Gasteiger partial charge is 0.403 e. The van der Waals surface area contributed by atoms with Gasteiger partial charge < -0.3 is 16.2 Å². The summed E-state index contributed by atoms with van der Waals surface area (Å²) in [6, 6.07) is 4.73. The number of hydrogen-bond acceptors (Lipinski definition) is 8. The van der Waals surface area contributed by atoms with Gasteiger partial charge in [-0.15, -0.1) is 11.3 Å². The molecule has 164 valence electrons. The van der Waals surface area contributed by atoms with Crippen LogP contribution in [0.5, 0.6) is 0 Å². The molecule has 1 amide bonds. The number of amides is 1. The van der Waals surface area contributed by atoms with Crippen LogP contribution in [0.2, 0.25) is 0 Å². The van der Waals surface area contributed by atoms with Gasteiger partial charge in [-0.05, 0) is 54.6 Å². The smallest absolute Gasteiger partial charge is 0.280 e. The SMILES string of the molecule is CC(C)=CN1C(=CN)c2ncsc2C(C(=O)NOCCO)=C1Nc1ccc(I)cc1F. The molecule has 1 aliphatic heterocycles. The van der Waals surface area contributed by atoms with E-state index in [-0.39, 0.29) is 24.5 Å². The Kier molecular flexibility index (Phi) is 7.64. The number of aromatic nitrogens is 1. The monoisotopic (exact) mass is 557 g/mol. The number of aliphatic hydroxyl groups excluding tert-OH is 1. The third kappa shape index (κ3) is 5.06. The molecule has 1 aliphatic rings. The molecular formula is C20H21FIN5O3S. The van der Waals surface area contributed by atoms with E-state index in [0.717, 1.165) is 9.14 Å². The summed E-state index contributed by atoms with van der Waals surface area (Å²) in [6.45, 7) is 3.44.